The zero-order valence-electron chi connectivity index (χ0n) is 24.1. The number of hydrogen-bond donors (Lipinski definition) is 1. The number of aliphatic hydroxyl groups is 1. The van der Waals surface area contributed by atoms with Crippen LogP contribution in [0.25, 0.3) is 10.8 Å². The highest BCUT2D eigenvalue weighted by Crippen LogP contribution is 2.58. The van der Waals surface area contributed by atoms with Crippen molar-refractivity contribution in [2.24, 2.45) is 11.8 Å². The van der Waals surface area contributed by atoms with Crippen LogP contribution in [-0.2, 0) is 25.7 Å². The van der Waals surface area contributed by atoms with Gasteiger partial charge in [-0.05, 0) is 34.9 Å². The maximum absolute atomic E-state index is 14.6. The normalized spacial score (nSPS) is 30.0. The van der Waals surface area contributed by atoms with Crippen molar-refractivity contribution in [2.45, 2.75) is 37.1 Å². The lowest BCUT2D eigenvalue weighted by Gasteiger charge is -2.38. The quantitative estimate of drug-likeness (QED) is 0.452. The van der Waals surface area contributed by atoms with Crippen LogP contribution in [0.3, 0.4) is 0 Å². The molecule has 0 bridgehead atoms. The topological polar surface area (TPSA) is 90.4 Å². The first kappa shape index (κ1) is 27.6. The Hall–Kier alpha value is -4.27. The van der Waals surface area contributed by atoms with Gasteiger partial charge in [-0.15, -0.1) is 0 Å². The van der Waals surface area contributed by atoms with E-state index in [1.165, 1.54) is 4.90 Å². The summed E-state index contributed by atoms with van der Waals surface area (Å²) >= 11 is 0. The lowest BCUT2D eigenvalue weighted by atomic mass is 9.73. The van der Waals surface area contributed by atoms with Gasteiger partial charge in [0, 0.05) is 31.9 Å². The number of likely N-dealkylation sites (tertiary alicyclic amines) is 1. The van der Waals surface area contributed by atoms with Crippen molar-refractivity contribution in [1.82, 2.24) is 9.80 Å². The molecular weight excluding hydrogens is 542 g/mol. The van der Waals surface area contributed by atoms with Gasteiger partial charge in [-0.3, -0.25) is 14.4 Å². The molecule has 1 spiro atoms. The number of carbonyl (C=O) groups is 3. The number of ether oxygens (including phenoxy) is 1. The van der Waals surface area contributed by atoms with Crippen LogP contribution in [0.4, 0.5) is 5.69 Å². The zero-order valence-corrected chi connectivity index (χ0v) is 24.1. The number of nitrogens with zero attached hydrogens (tertiary/aromatic N) is 3. The molecule has 3 aromatic carbocycles. The smallest absolute Gasteiger partial charge is 0.253 e. The van der Waals surface area contributed by atoms with Crippen molar-refractivity contribution in [3.8, 4) is 0 Å². The van der Waals surface area contributed by atoms with Gasteiger partial charge in [0.2, 0.25) is 11.8 Å². The minimum Gasteiger partial charge on any atom is -0.395 e. The monoisotopic (exact) mass is 577 g/mol. The molecule has 4 heterocycles. The summed E-state index contributed by atoms with van der Waals surface area (Å²) in [5.74, 6) is -2.50. The van der Waals surface area contributed by atoms with E-state index in [1.807, 2.05) is 104 Å². The van der Waals surface area contributed by atoms with Gasteiger partial charge in [0.1, 0.15) is 11.6 Å². The molecule has 3 amide bonds. The first-order chi connectivity index (χ1) is 20.9. The number of hydrogen-bond acceptors (Lipinski definition) is 5. The lowest BCUT2D eigenvalue weighted by Crippen LogP contribution is -2.56. The van der Waals surface area contributed by atoms with Crippen molar-refractivity contribution in [3.05, 3.63) is 103 Å². The Balaban J connectivity index is 1.31. The van der Waals surface area contributed by atoms with E-state index in [0.29, 0.717) is 31.7 Å². The molecule has 0 saturated carbocycles. The number of rotatable bonds is 6. The molecule has 0 aromatic heterocycles. The zero-order chi connectivity index (χ0) is 29.8. The number of aliphatic hydroxyl groups excluding tert-OH is 1. The maximum Gasteiger partial charge on any atom is 0.253 e. The molecule has 220 valence electrons. The van der Waals surface area contributed by atoms with Gasteiger partial charge in [0.25, 0.3) is 5.91 Å². The molecule has 1 N–H and O–H groups in total. The van der Waals surface area contributed by atoms with Gasteiger partial charge in [-0.1, -0.05) is 91.9 Å². The molecule has 43 heavy (non-hydrogen) atoms. The minimum atomic E-state index is -1.36. The third-order valence-electron chi connectivity index (χ3n) is 9.63. The molecule has 0 aliphatic carbocycles. The highest BCUT2D eigenvalue weighted by Gasteiger charge is 2.75. The second kappa shape index (κ2) is 10.5. The largest absolute Gasteiger partial charge is 0.395 e. The number of amides is 3. The summed E-state index contributed by atoms with van der Waals surface area (Å²) < 4.78 is 7.01. The lowest BCUT2D eigenvalue weighted by molar-refractivity contribution is -0.150. The SMILES string of the molecule is CC[C@@]12C=CCN(Cc3ccccc3)C(=O)[C@@H]1[C@H]1C(=O)N(CCO)C3C(=O)N(c4ccc5ccccc5c4)CC=C[C@@]31O2. The Kier molecular flexibility index (Phi) is 6.71. The molecule has 2 saturated heterocycles. The number of benzene rings is 3. The van der Waals surface area contributed by atoms with E-state index in [9.17, 15) is 19.5 Å². The van der Waals surface area contributed by atoms with E-state index in [4.69, 9.17) is 4.74 Å². The predicted molar refractivity (Wildman–Crippen MR) is 163 cm³/mol. The predicted octanol–water partition coefficient (Wildman–Crippen LogP) is 3.69. The fourth-order valence-electron chi connectivity index (χ4n) is 7.68. The second-order valence-corrected chi connectivity index (χ2v) is 11.9. The van der Waals surface area contributed by atoms with Crippen molar-refractivity contribution in [2.75, 3.05) is 31.1 Å². The second-order valence-electron chi connectivity index (χ2n) is 11.9. The molecule has 5 atom stereocenters. The summed E-state index contributed by atoms with van der Waals surface area (Å²) in [5.41, 5.74) is -0.691. The summed E-state index contributed by atoms with van der Waals surface area (Å²) in [6.07, 6.45) is 8.11. The van der Waals surface area contributed by atoms with Gasteiger partial charge < -0.3 is 24.5 Å². The van der Waals surface area contributed by atoms with E-state index in [2.05, 4.69) is 0 Å². The molecule has 7 rings (SSSR count). The third-order valence-corrected chi connectivity index (χ3v) is 9.63. The van der Waals surface area contributed by atoms with Crippen molar-refractivity contribution < 1.29 is 24.2 Å². The summed E-state index contributed by atoms with van der Waals surface area (Å²) in [7, 11) is 0. The Bertz CT molecular complexity index is 1650. The number of carbonyl (C=O) groups excluding carboxylic acids is 3. The van der Waals surface area contributed by atoms with E-state index in [-0.39, 0.29) is 30.9 Å². The van der Waals surface area contributed by atoms with Gasteiger partial charge in [0.15, 0.2) is 0 Å². The van der Waals surface area contributed by atoms with Gasteiger partial charge in [0.05, 0.1) is 24.0 Å². The molecule has 4 aliphatic rings. The average Bonchev–Trinajstić information content (AvgIpc) is 3.31. The molecule has 4 aliphatic heterocycles. The highest BCUT2D eigenvalue weighted by atomic mass is 16.5. The minimum absolute atomic E-state index is 0.0279. The van der Waals surface area contributed by atoms with Crippen LogP contribution in [-0.4, -0.2) is 76.1 Å². The van der Waals surface area contributed by atoms with Crippen LogP contribution in [0.15, 0.2) is 97.1 Å². The maximum atomic E-state index is 14.6. The molecule has 8 nitrogen and oxygen atoms in total. The van der Waals surface area contributed by atoms with Crippen LogP contribution in [0.1, 0.15) is 18.9 Å². The average molecular weight is 578 g/mol. The summed E-state index contributed by atoms with van der Waals surface area (Å²) in [5, 5.41) is 12.1. The molecular formula is C35H35N3O5. The molecule has 3 aromatic rings. The van der Waals surface area contributed by atoms with Crippen LogP contribution >= 0.6 is 0 Å². The van der Waals surface area contributed by atoms with Gasteiger partial charge in [-0.2, -0.15) is 0 Å². The Morgan fingerprint density at radius 2 is 1.58 bits per heavy atom. The highest BCUT2D eigenvalue weighted by molar-refractivity contribution is 6.06. The molecule has 1 unspecified atom stereocenters. The third kappa shape index (κ3) is 4.15. The van der Waals surface area contributed by atoms with Crippen LogP contribution in [0.5, 0.6) is 0 Å². The Morgan fingerprint density at radius 1 is 0.837 bits per heavy atom. The van der Waals surface area contributed by atoms with Gasteiger partial charge in [-0.25, -0.2) is 0 Å². The first-order valence-corrected chi connectivity index (χ1v) is 15.0. The summed E-state index contributed by atoms with van der Waals surface area (Å²) in [6.45, 7) is 2.72. The Morgan fingerprint density at radius 3 is 2.35 bits per heavy atom. The molecule has 0 radical (unpaired) electrons. The standard InChI is InChI=1S/C35H35N3O5/c1-2-34-16-8-18-36(23-24-10-4-3-5-11-24)31(40)28(34)29-32(41)38(20-21-39)30-33(42)37(19-9-17-35(29,30)43-34)27-15-14-25-12-6-7-13-26(25)22-27/h3-17,22,28-30,39H,2,18-21,23H2,1H3/t28-,29-,30?,34+,35-/m0/s1. The van der Waals surface area contributed by atoms with Crippen LogP contribution < -0.4 is 4.90 Å². The van der Waals surface area contributed by atoms with E-state index < -0.39 is 29.1 Å². The van der Waals surface area contributed by atoms with E-state index >= 15 is 0 Å². The fraction of sp³-hybridized carbons (Fsp3) is 0.343. The first-order valence-electron chi connectivity index (χ1n) is 15.0. The summed E-state index contributed by atoms with van der Waals surface area (Å²) in [6, 6.07) is 22.6. The summed E-state index contributed by atoms with van der Waals surface area (Å²) in [4.78, 5) is 48.3. The number of fused-ring (bicyclic) bond motifs is 3. The van der Waals surface area contributed by atoms with Crippen LogP contribution in [0.2, 0.25) is 0 Å². The number of anilines is 1. The van der Waals surface area contributed by atoms with E-state index in [0.717, 1.165) is 16.3 Å². The number of β-amino-alcohol motifs (C(OH)–C–C–N with tert-alkyl or cyclic N) is 1. The van der Waals surface area contributed by atoms with Crippen molar-refractivity contribution >= 4 is 34.2 Å². The van der Waals surface area contributed by atoms with Gasteiger partial charge >= 0.3 is 0 Å². The fourth-order valence-corrected chi connectivity index (χ4v) is 7.68. The molecule has 8 heteroatoms. The van der Waals surface area contributed by atoms with Crippen molar-refractivity contribution in [3.63, 3.8) is 0 Å². The Labute approximate surface area is 250 Å². The molecule has 2 fully saturated rings. The van der Waals surface area contributed by atoms with Crippen LogP contribution in [0, 0.1) is 11.8 Å². The van der Waals surface area contributed by atoms with Crippen molar-refractivity contribution in [1.29, 1.82) is 0 Å². The van der Waals surface area contributed by atoms with E-state index in [1.54, 1.807) is 9.80 Å².